The molecule has 0 saturated carbocycles. The van der Waals surface area contributed by atoms with E-state index in [9.17, 15) is 9.90 Å². The van der Waals surface area contributed by atoms with Crippen molar-refractivity contribution in [2.24, 2.45) is 0 Å². The molecule has 1 aliphatic carbocycles. The molecule has 27 heavy (non-hydrogen) atoms. The summed E-state index contributed by atoms with van der Waals surface area (Å²) in [7, 11) is 0. The highest BCUT2D eigenvalue weighted by atomic mass is 16.3. The van der Waals surface area contributed by atoms with Gasteiger partial charge in [0.1, 0.15) is 5.75 Å². The van der Waals surface area contributed by atoms with Crippen LogP contribution in [0.25, 0.3) is 11.4 Å². The van der Waals surface area contributed by atoms with Crippen LogP contribution in [0.1, 0.15) is 46.1 Å². The van der Waals surface area contributed by atoms with E-state index in [4.69, 9.17) is 4.98 Å². The van der Waals surface area contributed by atoms with Crippen LogP contribution >= 0.6 is 0 Å². The third-order valence-corrected chi connectivity index (χ3v) is 4.80. The summed E-state index contributed by atoms with van der Waals surface area (Å²) in [4.78, 5) is 25.9. The zero-order chi connectivity index (χ0) is 18.8. The quantitative estimate of drug-likeness (QED) is 0.748. The molecule has 1 amide bonds. The van der Waals surface area contributed by atoms with Gasteiger partial charge in [0, 0.05) is 35.4 Å². The first-order valence-electron chi connectivity index (χ1n) is 8.98. The minimum Gasteiger partial charge on any atom is -0.507 e. The molecule has 2 heterocycles. The summed E-state index contributed by atoms with van der Waals surface area (Å²) in [6.45, 7) is 1.87. The Morgan fingerprint density at radius 1 is 1.26 bits per heavy atom. The minimum absolute atomic E-state index is 0.00768. The second kappa shape index (κ2) is 7.15. The molecule has 0 fully saturated rings. The molecule has 4 rings (SSSR count). The first-order valence-corrected chi connectivity index (χ1v) is 8.98. The number of rotatable bonds is 3. The standard InChI is InChI=1S/C21H20N4O2/c1-13-7-8-15(19(26)10-13)21(27)25-18-6-2-5-17-16(18)12-23-20(24-17)14-4-3-9-22-11-14/h3-4,7-12,18,26H,2,5-6H2,1H3,(H,25,27)/t18-/m0/s1. The Hall–Kier alpha value is -3.28. The third-order valence-electron chi connectivity index (χ3n) is 4.80. The summed E-state index contributed by atoms with van der Waals surface area (Å²) >= 11 is 0. The monoisotopic (exact) mass is 360 g/mol. The van der Waals surface area contributed by atoms with Gasteiger partial charge in [-0.1, -0.05) is 6.07 Å². The summed E-state index contributed by atoms with van der Waals surface area (Å²) < 4.78 is 0. The average molecular weight is 360 g/mol. The molecule has 1 aromatic carbocycles. The lowest BCUT2D eigenvalue weighted by atomic mass is 9.92. The molecule has 2 N–H and O–H groups in total. The zero-order valence-corrected chi connectivity index (χ0v) is 15.0. The average Bonchev–Trinajstić information content (AvgIpc) is 2.68. The third kappa shape index (κ3) is 3.51. The number of amides is 1. The number of nitrogens with zero attached hydrogens (tertiary/aromatic N) is 3. The fraction of sp³-hybridized carbons (Fsp3) is 0.238. The van der Waals surface area contributed by atoms with Gasteiger partial charge in [-0.2, -0.15) is 0 Å². The number of aromatic hydroxyl groups is 1. The highest BCUT2D eigenvalue weighted by Gasteiger charge is 2.25. The largest absolute Gasteiger partial charge is 0.507 e. The predicted molar refractivity (Wildman–Crippen MR) is 101 cm³/mol. The summed E-state index contributed by atoms with van der Waals surface area (Å²) in [6, 6.07) is 8.67. The van der Waals surface area contributed by atoms with Gasteiger partial charge in [0.2, 0.25) is 0 Å². The Bertz CT molecular complexity index is 989. The van der Waals surface area contributed by atoms with E-state index in [-0.39, 0.29) is 23.3 Å². The maximum absolute atomic E-state index is 12.6. The van der Waals surface area contributed by atoms with Crippen LogP contribution < -0.4 is 5.32 Å². The molecule has 0 saturated heterocycles. The number of phenols is 1. The van der Waals surface area contributed by atoms with Crippen LogP contribution in [0.4, 0.5) is 0 Å². The molecule has 1 atom stereocenters. The van der Waals surface area contributed by atoms with Gasteiger partial charge in [-0.3, -0.25) is 9.78 Å². The Labute approximate surface area is 157 Å². The molecule has 6 heteroatoms. The molecule has 6 nitrogen and oxygen atoms in total. The van der Waals surface area contributed by atoms with E-state index in [1.54, 1.807) is 30.7 Å². The highest BCUT2D eigenvalue weighted by molar-refractivity contribution is 5.97. The number of carbonyl (C=O) groups excluding carboxylic acids is 1. The number of aryl methyl sites for hydroxylation is 2. The van der Waals surface area contributed by atoms with Crippen molar-refractivity contribution < 1.29 is 9.90 Å². The van der Waals surface area contributed by atoms with Gasteiger partial charge in [-0.15, -0.1) is 0 Å². The molecule has 1 aliphatic rings. The zero-order valence-electron chi connectivity index (χ0n) is 15.0. The molecule has 0 bridgehead atoms. The fourth-order valence-corrected chi connectivity index (χ4v) is 3.40. The SMILES string of the molecule is Cc1ccc(C(=O)N[C@H]2CCCc3nc(-c4cccnc4)ncc32)c(O)c1. The van der Waals surface area contributed by atoms with E-state index in [0.717, 1.165) is 41.6 Å². The fourth-order valence-electron chi connectivity index (χ4n) is 3.40. The number of aromatic nitrogens is 3. The summed E-state index contributed by atoms with van der Waals surface area (Å²) in [5.41, 5.74) is 3.95. The first-order chi connectivity index (χ1) is 13.1. The Kier molecular flexibility index (Phi) is 4.54. The van der Waals surface area contributed by atoms with Crippen LogP contribution in [-0.2, 0) is 6.42 Å². The van der Waals surface area contributed by atoms with Crippen LogP contribution in [0.2, 0.25) is 0 Å². The number of nitrogens with one attached hydrogen (secondary N) is 1. The van der Waals surface area contributed by atoms with Crippen molar-refractivity contribution in [3.8, 4) is 17.1 Å². The summed E-state index contributed by atoms with van der Waals surface area (Å²) in [5, 5.41) is 13.1. The maximum atomic E-state index is 12.6. The maximum Gasteiger partial charge on any atom is 0.255 e. The van der Waals surface area contributed by atoms with Gasteiger partial charge in [0.25, 0.3) is 5.91 Å². The second-order valence-electron chi connectivity index (χ2n) is 6.78. The van der Waals surface area contributed by atoms with Crippen LogP contribution in [-0.4, -0.2) is 26.0 Å². The molecular formula is C21H20N4O2. The molecule has 0 radical (unpaired) electrons. The lowest BCUT2D eigenvalue weighted by Crippen LogP contribution is -2.31. The van der Waals surface area contributed by atoms with Crippen LogP contribution in [0.15, 0.2) is 48.9 Å². The first kappa shape index (κ1) is 17.1. The van der Waals surface area contributed by atoms with E-state index in [2.05, 4.69) is 15.3 Å². The Morgan fingerprint density at radius 3 is 2.93 bits per heavy atom. The van der Waals surface area contributed by atoms with Crippen molar-refractivity contribution in [1.29, 1.82) is 0 Å². The Balaban J connectivity index is 1.59. The van der Waals surface area contributed by atoms with E-state index >= 15 is 0 Å². The van der Waals surface area contributed by atoms with Gasteiger partial charge >= 0.3 is 0 Å². The van der Waals surface area contributed by atoms with Gasteiger partial charge in [0.15, 0.2) is 5.82 Å². The van der Waals surface area contributed by atoms with Crippen molar-refractivity contribution in [1.82, 2.24) is 20.3 Å². The number of carbonyl (C=O) groups is 1. The highest BCUT2D eigenvalue weighted by Crippen LogP contribution is 2.30. The van der Waals surface area contributed by atoms with Crippen molar-refractivity contribution in [3.05, 3.63) is 71.3 Å². The van der Waals surface area contributed by atoms with Gasteiger partial charge in [0.05, 0.1) is 11.6 Å². The Morgan fingerprint density at radius 2 is 2.15 bits per heavy atom. The molecule has 0 unspecified atom stereocenters. The minimum atomic E-state index is -0.290. The van der Waals surface area contributed by atoms with Gasteiger partial charge in [-0.25, -0.2) is 9.97 Å². The number of pyridine rings is 1. The molecule has 0 aliphatic heterocycles. The van der Waals surface area contributed by atoms with E-state index < -0.39 is 0 Å². The lowest BCUT2D eigenvalue weighted by Gasteiger charge is -2.25. The van der Waals surface area contributed by atoms with Crippen LogP contribution in [0.3, 0.4) is 0 Å². The van der Waals surface area contributed by atoms with Gasteiger partial charge < -0.3 is 10.4 Å². The summed E-state index contributed by atoms with van der Waals surface area (Å²) in [5.74, 6) is 0.346. The molecule has 3 aromatic rings. The van der Waals surface area contributed by atoms with Crippen LogP contribution in [0, 0.1) is 6.92 Å². The van der Waals surface area contributed by atoms with Crippen molar-refractivity contribution in [2.75, 3.05) is 0 Å². The molecule has 2 aromatic heterocycles. The summed E-state index contributed by atoms with van der Waals surface area (Å²) in [6.07, 6.45) is 7.86. The smallest absolute Gasteiger partial charge is 0.255 e. The van der Waals surface area contributed by atoms with E-state index in [1.807, 2.05) is 25.1 Å². The van der Waals surface area contributed by atoms with Crippen molar-refractivity contribution in [3.63, 3.8) is 0 Å². The number of hydrogen-bond donors (Lipinski definition) is 2. The molecular weight excluding hydrogens is 340 g/mol. The van der Waals surface area contributed by atoms with Crippen LogP contribution in [0.5, 0.6) is 5.75 Å². The number of benzene rings is 1. The normalized spacial score (nSPS) is 15.8. The molecule has 136 valence electrons. The lowest BCUT2D eigenvalue weighted by molar-refractivity contribution is 0.0930. The predicted octanol–water partition coefficient (Wildman–Crippen LogP) is 3.36. The van der Waals surface area contributed by atoms with Crippen molar-refractivity contribution >= 4 is 5.91 Å². The molecule has 0 spiro atoms. The number of hydrogen-bond acceptors (Lipinski definition) is 5. The number of phenolic OH excluding ortho intramolecular Hbond substituents is 1. The van der Waals surface area contributed by atoms with Crippen molar-refractivity contribution in [2.45, 2.75) is 32.2 Å². The van der Waals surface area contributed by atoms with E-state index in [1.165, 1.54) is 0 Å². The number of fused-ring (bicyclic) bond motifs is 1. The van der Waals surface area contributed by atoms with E-state index in [0.29, 0.717) is 5.82 Å². The van der Waals surface area contributed by atoms with Gasteiger partial charge in [-0.05, 0) is 56.0 Å². The topological polar surface area (TPSA) is 88.0 Å². The second-order valence-corrected chi connectivity index (χ2v) is 6.78.